The number of ether oxygens (including phenoxy) is 1. The van der Waals surface area contributed by atoms with E-state index >= 15 is 0 Å². The zero-order valence-corrected chi connectivity index (χ0v) is 20.1. The number of halogens is 2. The summed E-state index contributed by atoms with van der Waals surface area (Å²) in [6.45, 7) is 1.92. The average molecular weight is 508 g/mol. The molecule has 0 saturated heterocycles. The first-order chi connectivity index (χ1) is 17.8. The molecule has 12 heteroatoms. The number of aldehydes is 1. The Morgan fingerprint density at radius 1 is 1.03 bits per heavy atom. The van der Waals surface area contributed by atoms with Gasteiger partial charge in [0.2, 0.25) is 0 Å². The monoisotopic (exact) mass is 507 g/mol. The topological polar surface area (TPSA) is 132 Å². The molecule has 4 heterocycles. The molecule has 190 valence electrons. The second-order valence-electron chi connectivity index (χ2n) is 7.42. The van der Waals surface area contributed by atoms with Crippen LogP contribution in [0.1, 0.15) is 28.2 Å². The molecule has 10 nitrogen and oxygen atoms in total. The Morgan fingerprint density at radius 3 is 2.51 bits per heavy atom. The molecule has 4 rings (SSSR count). The predicted molar refractivity (Wildman–Crippen MR) is 133 cm³/mol. The normalized spacial score (nSPS) is 10.2. The van der Waals surface area contributed by atoms with Gasteiger partial charge in [-0.05, 0) is 48.9 Å². The number of nitrogens with one attached hydrogen (secondary N) is 2. The third-order valence-corrected chi connectivity index (χ3v) is 4.98. The molecule has 0 atom stereocenters. The van der Waals surface area contributed by atoms with Crippen molar-refractivity contribution < 1.29 is 23.1 Å². The standard InChI is InChI=1S/C18H18N6O2.C7H5F2NO/c1-11-15(8-14(19-2)10-21-11)16-6-13(9-22-24-16)12-4-5-20-17(7-12)23-18(25)26-3;8-7(9)6-3-5(4-11)1-2-10-6/h4-10,19H,1-3H3,(H,20,23,25);1-4,7H. The van der Waals surface area contributed by atoms with Crippen LogP contribution in [0.2, 0.25) is 0 Å². The first-order valence-corrected chi connectivity index (χ1v) is 10.8. The number of amides is 1. The summed E-state index contributed by atoms with van der Waals surface area (Å²) in [6.07, 6.45) is 3.53. The summed E-state index contributed by atoms with van der Waals surface area (Å²) in [7, 11) is 3.14. The summed E-state index contributed by atoms with van der Waals surface area (Å²) >= 11 is 0. The summed E-state index contributed by atoms with van der Waals surface area (Å²) < 4.78 is 28.4. The van der Waals surface area contributed by atoms with Crippen LogP contribution in [0.3, 0.4) is 0 Å². The van der Waals surface area contributed by atoms with Crippen LogP contribution in [0.4, 0.5) is 25.1 Å². The van der Waals surface area contributed by atoms with E-state index in [0.29, 0.717) is 17.8 Å². The lowest BCUT2D eigenvalue weighted by molar-refractivity contribution is 0.112. The van der Waals surface area contributed by atoms with Crippen molar-refractivity contribution in [3.8, 4) is 22.4 Å². The first kappa shape index (κ1) is 26.7. The lowest BCUT2D eigenvalue weighted by atomic mass is 10.0. The number of alkyl halides is 2. The van der Waals surface area contributed by atoms with Crippen LogP contribution in [0.25, 0.3) is 22.4 Å². The van der Waals surface area contributed by atoms with Gasteiger partial charge in [-0.25, -0.2) is 18.6 Å². The number of aryl methyl sites for hydroxylation is 1. The molecule has 0 spiro atoms. The zero-order valence-electron chi connectivity index (χ0n) is 20.1. The van der Waals surface area contributed by atoms with Gasteiger partial charge in [-0.2, -0.15) is 10.2 Å². The fourth-order valence-corrected chi connectivity index (χ4v) is 3.08. The first-order valence-electron chi connectivity index (χ1n) is 10.8. The predicted octanol–water partition coefficient (Wildman–Crippen LogP) is 4.96. The summed E-state index contributed by atoms with van der Waals surface area (Å²) in [5.41, 5.74) is 4.91. The third-order valence-electron chi connectivity index (χ3n) is 4.98. The number of pyridine rings is 3. The van der Waals surface area contributed by atoms with Gasteiger partial charge in [0, 0.05) is 41.8 Å². The molecular formula is C25H23F2N7O3. The number of hydrogen-bond donors (Lipinski definition) is 2. The molecule has 0 fully saturated rings. The molecule has 0 bridgehead atoms. The molecule has 0 aliphatic carbocycles. The minimum atomic E-state index is -2.62. The summed E-state index contributed by atoms with van der Waals surface area (Å²) in [5.74, 6) is 0.391. The Labute approximate surface area is 211 Å². The van der Waals surface area contributed by atoms with Crippen molar-refractivity contribution in [2.45, 2.75) is 13.3 Å². The van der Waals surface area contributed by atoms with Crippen molar-refractivity contribution in [2.24, 2.45) is 0 Å². The number of aromatic nitrogens is 5. The molecule has 0 saturated carbocycles. The molecule has 0 aliphatic heterocycles. The van der Waals surface area contributed by atoms with Gasteiger partial charge in [0.1, 0.15) is 17.8 Å². The van der Waals surface area contributed by atoms with Crippen molar-refractivity contribution in [3.05, 3.63) is 78.1 Å². The van der Waals surface area contributed by atoms with Crippen molar-refractivity contribution in [1.29, 1.82) is 0 Å². The van der Waals surface area contributed by atoms with E-state index in [1.165, 1.54) is 19.4 Å². The average Bonchev–Trinajstić information content (AvgIpc) is 2.94. The molecule has 0 aromatic carbocycles. The van der Waals surface area contributed by atoms with Gasteiger partial charge >= 0.3 is 6.09 Å². The van der Waals surface area contributed by atoms with Crippen molar-refractivity contribution in [1.82, 2.24) is 25.1 Å². The number of rotatable bonds is 6. The quantitative estimate of drug-likeness (QED) is 0.348. The van der Waals surface area contributed by atoms with Gasteiger partial charge < -0.3 is 10.1 Å². The number of anilines is 2. The van der Waals surface area contributed by atoms with E-state index in [1.807, 2.05) is 32.2 Å². The molecule has 2 N–H and O–H groups in total. The largest absolute Gasteiger partial charge is 0.453 e. The van der Waals surface area contributed by atoms with Crippen LogP contribution in [-0.4, -0.2) is 51.7 Å². The lowest BCUT2D eigenvalue weighted by Crippen LogP contribution is -2.11. The molecule has 4 aromatic rings. The maximum absolute atomic E-state index is 11.9. The molecule has 1 amide bonds. The highest BCUT2D eigenvalue weighted by Gasteiger charge is 2.10. The van der Waals surface area contributed by atoms with Gasteiger partial charge in [-0.15, -0.1) is 0 Å². The van der Waals surface area contributed by atoms with Crippen LogP contribution in [0.5, 0.6) is 0 Å². The van der Waals surface area contributed by atoms with Gasteiger partial charge in [-0.3, -0.25) is 20.1 Å². The van der Waals surface area contributed by atoms with Crippen molar-refractivity contribution in [3.63, 3.8) is 0 Å². The highest BCUT2D eigenvalue weighted by atomic mass is 19.3. The Balaban J connectivity index is 0.000000289. The highest BCUT2D eigenvalue weighted by Crippen LogP contribution is 2.27. The number of carbonyl (C=O) groups excluding carboxylic acids is 2. The van der Waals surface area contributed by atoms with E-state index < -0.39 is 12.5 Å². The summed E-state index contributed by atoms with van der Waals surface area (Å²) in [5, 5.41) is 14.0. The van der Waals surface area contributed by atoms with Crippen LogP contribution in [0, 0.1) is 6.92 Å². The Morgan fingerprint density at radius 2 is 1.81 bits per heavy atom. The molecule has 0 radical (unpaired) electrons. The van der Waals surface area contributed by atoms with E-state index in [2.05, 4.69) is 40.5 Å². The van der Waals surface area contributed by atoms with E-state index in [-0.39, 0.29) is 11.3 Å². The zero-order chi connectivity index (χ0) is 26.8. The second kappa shape index (κ2) is 12.7. The van der Waals surface area contributed by atoms with Gasteiger partial charge in [0.25, 0.3) is 6.43 Å². The maximum Gasteiger partial charge on any atom is 0.412 e. The molecular weight excluding hydrogens is 484 g/mol. The Bertz CT molecular complexity index is 1390. The Hall–Kier alpha value is -4.87. The number of nitrogens with zero attached hydrogens (tertiary/aromatic N) is 5. The molecule has 0 aliphatic rings. The second-order valence-corrected chi connectivity index (χ2v) is 7.42. The van der Waals surface area contributed by atoms with Crippen molar-refractivity contribution >= 4 is 23.9 Å². The van der Waals surface area contributed by atoms with Gasteiger partial charge in [0.05, 0.1) is 30.9 Å². The van der Waals surface area contributed by atoms with Crippen molar-refractivity contribution in [2.75, 3.05) is 24.8 Å². The number of carbonyl (C=O) groups is 2. The van der Waals surface area contributed by atoms with Gasteiger partial charge in [-0.1, -0.05) is 0 Å². The molecule has 37 heavy (non-hydrogen) atoms. The van der Waals surface area contributed by atoms with Crippen LogP contribution in [-0.2, 0) is 4.74 Å². The van der Waals surface area contributed by atoms with Crippen LogP contribution < -0.4 is 10.6 Å². The third kappa shape index (κ3) is 7.31. The van der Waals surface area contributed by atoms with E-state index in [4.69, 9.17) is 0 Å². The van der Waals surface area contributed by atoms with E-state index in [9.17, 15) is 18.4 Å². The van der Waals surface area contributed by atoms with Crippen LogP contribution >= 0.6 is 0 Å². The SMILES string of the molecule is CNc1cnc(C)c(-c2cc(-c3ccnc(NC(=O)OC)c3)cnn2)c1.O=Cc1ccnc(C(F)F)c1. The summed E-state index contributed by atoms with van der Waals surface area (Å²) in [6, 6.07) is 9.92. The lowest BCUT2D eigenvalue weighted by Gasteiger charge is -2.09. The maximum atomic E-state index is 11.9. The fraction of sp³-hybridized carbons (Fsp3) is 0.160. The van der Waals surface area contributed by atoms with E-state index in [0.717, 1.165) is 34.1 Å². The molecule has 4 aromatic heterocycles. The van der Waals surface area contributed by atoms with E-state index in [1.54, 1.807) is 24.7 Å². The highest BCUT2D eigenvalue weighted by molar-refractivity contribution is 5.84. The summed E-state index contributed by atoms with van der Waals surface area (Å²) in [4.78, 5) is 33.3. The number of hydrogen-bond acceptors (Lipinski definition) is 9. The molecule has 0 unspecified atom stereocenters. The minimum Gasteiger partial charge on any atom is -0.453 e. The van der Waals surface area contributed by atoms with Crippen LogP contribution in [0.15, 0.2) is 61.2 Å². The van der Waals surface area contributed by atoms with Gasteiger partial charge in [0.15, 0.2) is 0 Å². The Kier molecular flexibility index (Phi) is 9.19. The smallest absolute Gasteiger partial charge is 0.412 e. The number of methoxy groups -OCH3 is 1. The fourth-order valence-electron chi connectivity index (χ4n) is 3.08. The minimum absolute atomic E-state index is 0.218.